The van der Waals surface area contributed by atoms with Gasteiger partial charge < -0.3 is 15.1 Å². The summed E-state index contributed by atoms with van der Waals surface area (Å²) in [5, 5.41) is 0. The summed E-state index contributed by atoms with van der Waals surface area (Å²) in [7, 11) is 1.85. The van der Waals surface area contributed by atoms with Crippen LogP contribution >= 0.6 is 0 Å². The Morgan fingerprint density at radius 2 is 2.20 bits per heavy atom. The average Bonchev–Trinajstić information content (AvgIpc) is 2.88. The molecule has 0 saturated heterocycles. The lowest BCUT2D eigenvalue weighted by Gasteiger charge is -2.46. The molecule has 0 radical (unpaired) electrons. The van der Waals surface area contributed by atoms with Gasteiger partial charge >= 0.3 is 0 Å². The molecule has 1 fully saturated rings. The highest BCUT2D eigenvalue weighted by Crippen LogP contribution is 2.45. The van der Waals surface area contributed by atoms with Crippen LogP contribution in [0.25, 0.3) is 0 Å². The molecule has 2 rings (SSSR count). The molecule has 1 saturated carbocycles. The maximum absolute atomic E-state index is 12.7. The topological polar surface area (TPSA) is 59.5 Å². The number of nitrogens with zero attached hydrogens (tertiary/aromatic N) is 1. The van der Waals surface area contributed by atoms with Crippen LogP contribution in [0.4, 0.5) is 0 Å². The summed E-state index contributed by atoms with van der Waals surface area (Å²) < 4.78 is 5.32. The van der Waals surface area contributed by atoms with Gasteiger partial charge in [-0.05, 0) is 36.3 Å². The van der Waals surface area contributed by atoms with Crippen molar-refractivity contribution in [2.75, 3.05) is 7.05 Å². The number of rotatable bonds is 3. The lowest BCUT2D eigenvalue weighted by Crippen LogP contribution is -2.51. The summed E-state index contributed by atoms with van der Waals surface area (Å²) in [5.74, 6) is 1.41. The zero-order valence-electron chi connectivity index (χ0n) is 12.9. The van der Waals surface area contributed by atoms with Gasteiger partial charge in [0.25, 0.3) is 0 Å². The monoisotopic (exact) mass is 278 g/mol. The molecule has 1 aliphatic carbocycles. The van der Waals surface area contributed by atoms with Gasteiger partial charge in [-0.2, -0.15) is 0 Å². The molecule has 0 bridgehead atoms. The minimum absolute atomic E-state index is 0.0391. The van der Waals surface area contributed by atoms with Crippen LogP contribution in [-0.4, -0.2) is 23.9 Å². The second kappa shape index (κ2) is 5.60. The largest absolute Gasteiger partial charge is 0.467 e. The SMILES string of the molecule is CC1C(N)CCC(C(=O)N(C)Cc2ccco2)C1(C)C. The standard InChI is InChI=1S/C16H26N2O2/c1-11-14(17)8-7-13(16(11,2)3)15(19)18(4)10-12-6-5-9-20-12/h5-6,9,11,13-14H,7-8,10,17H2,1-4H3. The quantitative estimate of drug-likeness (QED) is 0.924. The van der Waals surface area contributed by atoms with E-state index in [-0.39, 0.29) is 23.3 Å². The van der Waals surface area contributed by atoms with E-state index in [1.807, 2.05) is 19.2 Å². The van der Waals surface area contributed by atoms with E-state index in [1.54, 1.807) is 11.2 Å². The van der Waals surface area contributed by atoms with E-state index in [1.165, 1.54) is 0 Å². The van der Waals surface area contributed by atoms with Crippen molar-refractivity contribution in [3.05, 3.63) is 24.2 Å². The number of nitrogens with two attached hydrogens (primary N) is 1. The van der Waals surface area contributed by atoms with Crippen LogP contribution in [0.5, 0.6) is 0 Å². The molecule has 1 aliphatic rings. The van der Waals surface area contributed by atoms with E-state index in [2.05, 4.69) is 20.8 Å². The molecule has 4 heteroatoms. The smallest absolute Gasteiger partial charge is 0.226 e. The molecule has 2 N–H and O–H groups in total. The number of hydrogen-bond donors (Lipinski definition) is 1. The minimum Gasteiger partial charge on any atom is -0.467 e. The van der Waals surface area contributed by atoms with Crippen LogP contribution in [0, 0.1) is 17.3 Å². The lowest BCUT2D eigenvalue weighted by atomic mass is 9.61. The molecule has 1 amide bonds. The molecule has 1 heterocycles. The van der Waals surface area contributed by atoms with Crippen LogP contribution in [0.3, 0.4) is 0 Å². The van der Waals surface area contributed by atoms with E-state index in [0.717, 1.165) is 18.6 Å². The first-order valence-corrected chi connectivity index (χ1v) is 7.37. The summed E-state index contributed by atoms with van der Waals surface area (Å²) >= 11 is 0. The summed E-state index contributed by atoms with van der Waals surface area (Å²) in [4.78, 5) is 14.5. The average molecular weight is 278 g/mol. The summed E-state index contributed by atoms with van der Waals surface area (Å²) in [6.07, 6.45) is 3.44. The van der Waals surface area contributed by atoms with Gasteiger partial charge in [-0.3, -0.25) is 4.79 Å². The van der Waals surface area contributed by atoms with Crippen LogP contribution in [0.1, 0.15) is 39.4 Å². The molecular formula is C16H26N2O2. The van der Waals surface area contributed by atoms with Crippen molar-refractivity contribution >= 4 is 5.91 Å². The predicted octanol–water partition coefficient (Wildman–Crippen LogP) is 2.64. The van der Waals surface area contributed by atoms with Crippen molar-refractivity contribution in [2.24, 2.45) is 23.0 Å². The first-order chi connectivity index (χ1) is 9.34. The summed E-state index contributed by atoms with van der Waals surface area (Å²) in [6.45, 7) is 7.02. The van der Waals surface area contributed by atoms with Gasteiger partial charge in [0.05, 0.1) is 12.8 Å². The van der Waals surface area contributed by atoms with Crippen molar-refractivity contribution in [1.82, 2.24) is 4.90 Å². The summed E-state index contributed by atoms with van der Waals surface area (Å²) in [5.41, 5.74) is 6.10. The maximum atomic E-state index is 12.7. The highest BCUT2D eigenvalue weighted by molar-refractivity contribution is 5.79. The van der Waals surface area contributed by atoms with Gasteiger partial charge in [0.2, 0.25) is 5.91 Å². The second-order valence-electron chi connectivity index (χ2n) is 6.68. The fraction of sp³-hybridized carbons (Fsp3) is 0.688. The Morgan fingerprint density at radius 1 is 1.50 bits per heavy atom. The van der Waals surface area contributed by atoms with Crippen molar-refractivity contribution in [3.8, 4) is 0 Å². The molecule has 4 nitrogen and oxygen atoms in total. The van der Waals surface area contributed by atoms with E-state index in [4.69, 9.17) is 10.2 Å². The van der Waals surface area contributed by atoms with Crippen molar-refractivity contribution in [3.63, 3.8) is 0 Å². The Balaban J connectivity index is 2.08. The molecule has 1 aromatic rings. The molecule has 0 spiro atoms. The Hall–Kier alpha value is -1.29. The van der Waals surface area contributed by atoms with Gasteiger partial charge in [-0.25, -0.2) is 0 Å². The Morgan fingerprint density at radius 3 is 2.80 bits per heavy atom. The van der Waals surface area contributed by atoms with Crippen LogP contribution in [-0.2, 0) is 11.3 Å². The van der Waals surface area contributed by atoms with Gasteiger partial charge in [-0.15, -0.1) is 0 Å². The number of carbonyl (C=O) groups excluding carboxylic acids is 1. The van der Waals surface area contributed by atoms with E-state index in [0.29, 0.717) is 12.5 Å². The Bertz CT molecular complexity index is 453. The third-order valence-electron chi connectivity index (χ3n) is 5.15. The van der Waals surface area contributed by atoms with Gasteiger partial charge in [0, 0.05) is 19.0 Å². The first kappa shape index (κ1) is 15.1. The van der Waals surface area contributed by atoms with Crippen LogP contribution in [0.2, 0.25) is 0 Å². The first-order valence-electron chi connectivity index (χ1n) is 7.37. The van der Waals surface area contributed by atoms with E-state index < -0.39 is 0 Å². The normalized spacial score (nSPS) is 29.1. The molecule has 112 valence electrons. The zero-order valence-corrected chi connectivity index (χ0v) is 12.9. The molecule has 0 aliphatic heterocycles. The Labute approximate surface area is 121 Å². The van der Waals surface area contributed by atoms with Crippen molar-refractivity contribution < 1.29 is 9.21 Å². The molecule has 1 aromatic heterocycles. The minimum atomic E-state index is -0.0633. The van der Waals surface area contributed by atoms with Gasteiger partial charge in [0.1, 0.15) is 5.76 Å². The highest BCUT2D eigenvalue weighted by atomic mass is 16.3. The lowest BCUT2D eigenvalue weighted by molar-refractivity contribution is -0.142. The van der Waals surface area contributed by atoms with Crippen LogP contribution < -0.4 is 5.73 Å². The zero-order chi connectivity index (χ0) is 14.9. The van der Waals surface area contributed by atoms with Crippen LogP contribution in [0.15, 0.2) is 22.8 Å². The molecule has 20 heavy (non-hydrogen) atoms. The number of carbonyl (C=O) groups is 1. The number of amides is 1. The number of furan rings is 1. The second-order valence-corrected chi connectivity index (χ2v) is 6.68. The molecule has 3 unspecified atom stereocenters. The van der Waals surface area contributed by atoms with Crippen molar-refractivity contribution in [2.45, 2.75) is 46.2 Å². The third kappa shape index (κ3) is 2.75. The molecule has 0 aromatic carbocycles. The third-order valence-corrected chi connectivity index (χ3v) is 5.15. The molecular weight excluding hydrogens is 252 g/mol. The van der Waals surface area contributed by atoms with E-state index >= 15 is 0 Å². The number of hydrogen-bond acceptors (Lipinski definition) is 3. The fourth-order valence-corrected chi connectivity index (χ4v) is 3.27. The van der Waals surface area contributed by atoms with Gasteiger partial charge in [-0.1, -0.05) is 20.8 Å². The maximum Gasteiger partial charge on any atom is 0.226 e. The Kier molecular flexibility index (Phi) is 4.23. The predicted molar refractivity (Wildman–Crippen MR) is 78.8 cm³/mol. The molecule has 3 atom stereocenters. The van der Waals surface area contributed by atoms with Gasteiger partial charge in [0.15, 0.2) is 0 Å². The van der Waals surface area contributed by atoms with E-state index in [9.17, 15) is 4.79 Å². The van der Waals surface area contributed by atoms with Crippen molar-refractivity contribution in [1.29, 1.82) is 0 Å². The summed E-state index contributed by atoms with van der Waals surface area (Å²) in [6, 6.07) is 3.94. The fourth-order valence-electron chi connectivity index (χ4n) is 3.27. The highest BCUT2D eigenvalue weighted by Gasteiger charge is 2.45.